The Hall–Kier alpha value is -2.90. The second-order valence-electron chi connectivity index (χ2n) is 8.08. The van der Waals surface area contributed by atoms with Crippen LogP contribution >= 0.6 is 0 Å². The third kappa shape index (κ3) is 4.73. The summed E-state index contributed by atoms with van der Waals surface area (Å²) in [7, 11) is 1.36. The van der Waals surface area contributed by atoms with Crippen LogP contribution < -0.4 is 15.4 Å². The number of benzene rings is 2. The van der Waals surface area contributed by atoms with Gasteiger partial charge < -0.3 is 19.5 Å². The normalized spacial score (nSPS) is 21.3. The van der Waals surface area contributed by atoms with E-state index in [0.717, 1.165) is 24.2 Å². The maximum atomic E-state index is 13.3. The number of carbonyl (C=O) groups excluding carboxylic acids is 2. The van der Waals surface area contributed by atoms with Gasteiger partial charge in [-0.25, -0.2) is 4.79 Å². The van der Waals surface area contributed by atoms with Gasteiger partial charge in [-0.2, -0.15) is 0 Å². The molecule has 1 saturated carbocycles. The van der Waals surface area contributed by atoms with E-state index in [1.54, 1.807) is 12.1 Å². The van der Waals surface area contributed by atoms with E-state index in [2.05, 4.69) is 10.6 Å². The van der Waals surface area contributed by atoms with Crippen molar-refractivity contribution in [1.82, 2.24) is 10.6 Å². The van der Waals surface area contributed by atoms with Crippen molar-refractivity contribution in [3.8, 4) is 5.75 Å². The SMILES string of the molecule is COC(=O)c1ccc(C2(NC(=O)C3(NCCOc4ccccc4)CCOC3)CC2)cc1. The van der Waals surface area contributed by atoms with E-state index in [0.29, 0.717) is 38.3 Å². The topological polar surface area (TPSA) is 85.9 Å². The van der Waals surface area contributed by atoms with Crippen molar-refractivity contribution < 1.29 is 23.8 Å². The number of ether oxygens (including phenoxy) is 3. The predicted octanol–water partition coefficient (Wildman–Crippen LogP) is 2.41. The maximum Gasteiger partial charge on any atom is 0.337 e. The van der Waals surface area contributed by atoms with Crippen LogP contribution in [0.25, 0.3) is 0 Å². The second kappa shape index (κ2) is 9.08. The number of methoxy groups -OCH3 is 1. The molecule has 164 valence electrons. The molecule has 31 heavy (non-hydrogen) atoms. The Morgan fingerprint density at radius 3 is 2.39 bits per heavy atom. The highest BCUT2D eigenvalue weighted by molar-refractivity contribution is 5.90. The van der Waals surface area contributed by atoms with E-state index in [1.165, 1.54) is 7.11 Å². The fourth-order valence-corrected chi connectivity index (χ4v) is 3.93. The number of rotatable bonds is 9. The van der Waals surface area contributed by atoms with Gasteiger partial charge in [0.1, 0.15) is 17.9 Å². The third-order valence-electron chi connectivity index (χ3n) is 6.00. The lowest BCUT2D eigenvalue weighted by Gasteiger charge is -2.30. The molecule has 1 atom stereocenters. The van der Waals surface area contributed by atoms with Crippen LogP contribution in [0.4, 0.5) is 0 Å². The van der Waals surface area contributed by atoms with Crippen LogP contribution in [-0.2, 0) is 19.8 Å². The highest BCUT2D eigenvalue weighted by atomic mass is 16.5. The number of esters is 1. The summed E-state index contributed by atoms with van der Waals surface area (Å²) in [5, 5.41) is 6.62. The summed E-state index contributed by atoms with van der Waals surface area (Å²) >= 11 is 0. The molecule has 2 aliphatic rings. The number of carbonyl (C=O) groups is 2. The minimum absolute atomic E-state index is 0.0562. The Morgan fingerprint density at radius 2 is 1.77 bits per heavy atom. The van der Waals surface area contributed by atoms with Crippen molar-refractivity contribution >= 4 is 11.9 Å². The smallest absolute Gasteiger partial charge is 0.337 e. The fraction of sp³-hybridized carbons (Fsp3) is 0.417. The van der Waals surface area contributed by atoms with Gasteiger partial charge in [-0.1, -0.05) is 30.3 Å². The predicted molar refractivity (Wildman–Crippen MR) is 115 cm³/mol. The van der Waals surface area contributed by atoms with E-state index in [-0.39, 0.29) is 17.4 Å². The highest BCUT2D eigenvalue weighted by Crippen LogP contribution is 2.46. The molecular formula is C24H28N2O5. The number of para-hydroxylation sites is 1. The Balaban J connectivity index is 1.37. The molecule has 0 spiro atoms. The molecule has 1 aliphatic heterocycles. The first-order chi connectivity index (χ1) is 15.1. The Kier molecular flexibility index (Phi) is 6.25. The van der Waals surface area contributed by atoms with Crippen molar-refractivity contribution in [3.05, 3.63) is 65.7 Å². The monoisotopic (exact) mass is 424 g/mol. The number of hydrogen-bond donors (Lipinski definition) is 2. The minimum Gasteiger partial charge on any atom is -0.492 e. The first kappa shape index (κ1) is 21.3. The molecule has 1 aliphatic carbocycles. The molecule has 1 unspecified atom stereocenters. The summed E-state index contributed by atoms with van der Waals surface area (Å²) < 4.78 is 16.1. The van der Waals surface area contributed by atoms with Crippen molar-refractivity contribution in [1.29, 1.82) is 0 Å². The first-order valence-electron chi connectivity index (χ1n) is 10.6. The van der Waals surface area contributed by atoms with Crippen molar-refractivity contribution in [3.63, 3.8) is 0 Å². The summed E-state index contributed by atoms with van der Waals surface area (Å²) in [4.78, 5) is 25.0. The largest absolute Gasteiger partial charge is 0.492 e. The molecule has 1 saturated heterocycles. The van der Waals surface area contributed by atoms with Crippen LogP contribution in [0.3, 0.4) is 0 Å². The zero-order chi connectivity index (χ0) is 21.7. The molecule has 0 radical (unpaired) electrons. The van der Waals surface area contributed by atoms with Crippen LogP contribution in [-0.4, -0.2) is 50.9 Å². The lowest BCUT2D eigenvalue weighted by Crippen LogP contribution is -2.60. The van der Waals surface area contributed by atoms with Crippen LogP contribution in [0.5, 0.6) is 5.75 Å². The molecule has 2 aromatic rings. The van der Waals surface area contributed by atoms with Crippen LogP contribution in [0, 0.1) is 0 Å². The van der Waals surface area contributed by atoms with E-state index in [9.17, 15) is 9.59 Å². The van der Waals surface area contributed by atoms with Gasteiger partial charge in [0.15, 0.2) is 0 Å². The molecule has 7 nitrogen and oxygen atoms in total. The summed E-state index contributed by atoms with van der Waals surface area (Å²) in [6.45, 7) is 1.87. The summed E-state index contributed by atoms with van der Waals surface area (Å²) in [6.07, 6.45) is 2.34. The minimum atomic E-state index is -0.762. The van der Waals surface area contributed by atoms with Crippen molar-refractivity contribution in [2.45, 2.75) is 30.3 Å². The Bertz CT molecular complexity index is 903. The van der Waals surface area contributed by atoms with Crippen molar-refractivity contribution in [2.24, 2.45) is 0 Å². The zero-order valence-corrected chi connectivity index (χ0v) is 17.7. The van der Waals surface area contributed by atoms with Gasteiger partial charge in [-0.3, -0.25) is 10.1 Å². The molecule has 2 aromatic carbocycles. The molecule has 2 N–H and O–H groups in total. The average molecular weight is 424 g/mol. The summed E-state index contributed by atoms with van der Waals surface area (Å²) in [6, 6.07) is 16.9. The van der Waals surface area contributed by atoms with E-state index in [1.807, 2.05) is 42.5 Å². The van der Waals surface area contributed by atoms with Gasteiger partial charge in [0.25, 0.3) is 0 Å². The van der Waals surface area contributed by atoms with Crippen LogP contribution in [0.2, 0.25) is 0 Å². The summed E-state index contributed by atoms with van der Waals surface area (Å²) in [5.41, 5.74) is 0.342. The molecule has 0 aromatic heterocycles. The average Bonchev–Trinajstić information content (AvgIpc) is 3.43. The molecule has 7 heteroatoms. The van der Waals surface area contributed by atoms with Gasteiger partial charge in [0.05, 0.1) is 24.8 Å². The fourth-order valence-electron chi connectivity index (χ4n) is 3.93. The van der Waals surface area contributed by atoms with Crippen molar-refractivity contribution in [2.75, 3.05) is 33.5 Å². The first-order valence-corrected chi connectivity index (χ1v) is 10.6. The molecule has 2 fully saturated rings. The highest BCUT2D eigenvalue weighted by Gasteiger charge is 2.50. The number of hydrogen-bond acceptors (Lipinski definition) is 6. The lowest BCUT2D eigenvalue weighted by molar-refractivity contribution is -0.128. The maximum absolute atomic E-state index is 13.3. The van der Waals surface area contributed by atoms with Crippen LogP contribution in [0.1, 0.15) is 35.2 Å². The molecule has 0 bridgehead atoms. The van der Waals surface area contributed by atoms with Gasteiger partial charge in [-0.05, 0) is 42.7 Å². The van der Waals surface area contributed by atoms with E-state index in [4.69, 9.17) is 14.2 Å². The quantitative estimate of drug-likeness (QED) is 0.475. The number of nitrogens with one attached hydrogen (secondary N) is 2. The third-order valence-corrected chi connectivity index (χ3v) is 6.00. The van der Waals surface area contributed by atoms with E-state index < -0.39 is 5.54 Å². The standard InChI is InChI=1S/C24H28N2O5/c1-29-21(27)18-7-9-19(10-8-18)23(11-12-23)26-22(28)24(13-15-30-17-24)25-14-16-31-20-5-3-2-4-6-20/h2-10,25H,11-17H2,1H3,(H,26,28). The van der Waals surface area contributed by atoms with Gasteiger partial charge in [0.2, 0.25) is 5.91 Å². The van der Waals surface area contributed by atoms with Crippen LogP contribution in [0.15, 0.2) is 54.6 Å². The Labute approximate surface area is 182 Å². The van der Waals surface area contributed by atoms with E-state index >= 15 is 0 Å². The van der Waals surface area contributed by atoms with Gasteiger partial charge >= 0.3 is 5.97 Å². The molecule has 4 rings (SSSR count). The molecular weight excluding hydrogens is 396 g/mol. The lowest BCUT2D eigenvalue weighted by atomic mass is 9.95. The molecule has 1 heterocycles. The molecule has 1 amide bonds. The zero-order valence-electron chi connectivity index (χ0n) is 17.7. The second-order valence-corrected chi connectivity index (χ2v) is 8.08. The van der Waals surface area contributed by atoms with Gasteiger partial charge in [-0.15, -0.1) is 0 Å². The Morgan fingerprint density at radius 1 is 1.03 bits per heavy atom. The van der Waals surface area contributed by atoms with Gasteiger partial charge in [0, 0.05) is 19.6 Å². The summed E-state index contributed by atoms with van der Waals surface area (Å²) in [5.74, 6) is 0.376. The number of amides is 1.